The Labute approximate surface area is 528 Å². The second kappa shape index (κ2) is 41.3. The smallest absolute Gasteiger partial charge is 0.475 e. The summed E-state index contributed by atoms with van der Waals surface area (Å²) in [7, 11) is -1.77. The summed E-state index contributed by atoms with van der Waals surface area (Å²) in [5, 5.41) is 92.4. The topological polar surface area (TPSA) is 485 Å². The molecule has 91 heavy (non-hydrogen) atoms. The first kappa shape index (κ1) is 78.0. The van der Waals surface area contributed by atoms with Gasteiger partial charge >= 0.3 is 42.9 Å². The quantitative estimate of drug-likeness (QED) is 0.0214. The van der Waals surface area contributed by atoms with E-state index in [1.807, 2.05) is 0 Å². The summed E-state index contributed by atoms with van der Waals surface area (Å²) in [5.74, 6) is -13.0. The lowest BCUT2D eigenvalue weighted by molar-refractivity contribution is -0.140. The van der Waals surface area contributed by atoms with E-state index in [4.69, 9.17) is 0 Å². The van der Waals surface area contributed by atoms with Gasteiger partial charge < -0.3 is 77.5 Å². The molecule has 3 fully saturated rings. The summed E-state index contributed by atoms with van der Waals surface area (Å²) in [6.07, 6.45) is 1.28. The standard InChI is InChI=1S/C54H94BN15O21/c1-37(2)51(53(88)59-38(3)54(89)70-10-6-8-40(70)55(90)91)61-42(72)28-57-41(71)27-58-52(87)39(60-44(74)30-63-13-17-66(33-47(79)80)21-25-69(36-50(85)86)26-22-67(18-14-63)34-48(81)82)7-4-5-9-56-43(73)29-62-11-15-64(31-45(75)76)19-23-68(35-49(83)84)24-20-65(16-12-62)32-46(77)78/h37-40,51,90-91H,4-36H2,1-3H3,(H,56,73)(H,57,71)(H,58,87)(H,59,88)(H,60,74)(H,61,72)(H,75,76)(H,77,78)(H,79,80)(H,81,82)(H,83,84)(H,85,86)/t38-,39-,40+,51+/m1/s1. The highest BCUT2D eigenvalue weighted by Gasteiger charge is 2.39. The number of carbonyl (C=O) groups excluding carboxylic acids is 7. The Morgan fingerprint density at radius 1 is 0.407 bits per heavy atom. The van der Waals surface area contributed by atoms with Crippen molar-refractivity contribution in [3.05, 3.63) is 0 Å². The van der Waals surface area contributed by atoms with Crippen molar-refractivity contribution in [1.29, 1.82) is 0 Å². The molecule has 3 rings (SSSR count). The van der Waals surface area contributed by atoms with Crippen LogP contribution in [0.3, 0.4) is 0 Å². The Hall–Kier alpha value is -7.23. The monoisotopic (exact) mass is 1300 g/mol. The highest BCUT2D eigenvalue weighted by atomic mass is 16.4. The molecule has 514 valence electrons. The summed E-state index contributed by atoms with van der Waals surface area (Å²) in [5.41, 5.74) is 0. The van der Waals surface area contributed by atoms with Crippen LogP contribution in [0.25, 0.3) is 0 Å². The zero-order valence-electron chi connectivity index (χ0n) is 52.2. The molecule has 0 saturated carbocycles. The number of hydrogen-bond acceptors (Lipinski definition) is 23. The molecule has 3 aliphatic heterocycles. The summed E-state index contributed by atoms with van der Waals surface area (Å²) in [6, 6.07) is -3.58. The average molecular weight is 1300 g/mol. The first-order chi connectivity index (χ1) is 43.0. The largest absolute Gasteiger partial charge is 0.480 e. The van der Waals surface area contributed by atoms with E-state index < -0.39 is 140 Å². The van der Waals surface area contributed by atoms with Crippen LogP contribution in [0.4, 0.5) is 0 Å². The molecular weight excluding hydrogens is 1210 g/mol. The minimum Gasteiger partial charge on any atom is -0.480 e. The fraction of sp³-hybridized carbons (Fsp3) is 0.759. The zero-order chi connectivity index (χ0) is 67.7. The molecule has 3 heterocycles. The molecule has 37 heteroatoms. The Balaban J connectivity index is 1.74. The molecule has 0 unspecified atom stereocenters. The number of hydrogen-bond donors (Lipinski definition) is 14. The van der Waals surface area contributed by atoms with E-state index in [0.717, 1.165) is 0 Å². The fourth-order valence-corrected chi connectivity index (χ4v) is 10.5. The Morgan fingerprint density at radius 3 is 1.13 bits per heavy atom. The molecule has 4 atom stereocenters. The number of nitrogens with zero attached hydrogens (tertiary/aromatic N) is 9. The number of carboxylic acids is 6. The maximum Gasteiger partial charge on any atom is 0.475 e. The number of carboxylic acid groups (broad SMARTS) is 6. The van der Waals surface area contributed by atoms with Gasteiger partial charge in [-0.25, -0.2) is 0 Å². The van der Waals surface area contributed by atoms with E-state index in [2.05, 4.69) is 31.9 Å². The van der Waals surface area contributed by atoms with Crippen molar-refractivity contribution in [2.45, 2.75) is 76.9 Å². The van der Waals surface area contributed by atoms with Gasteiger partial charge in [0.05, 0.1) is 71.4 Å². The van der Waals surface area contributed by atoms with Gasteiger partial charge in [-0.3, -0.25) is 102 Å². The Morgan fingerprint density at radius 2 is 0.769 bits per heavy atom. The highest BCUT2D eigenvalue weighted by molar-refractivity contribution is 6.43. The van der Waals surface area contributed by atoms with Crippen molar-refractivity contribution in [1.82, 2.24) is 76.0 Å². The summed E-state index contributed by atoms with van der Waals surface area (Å²) < 4.78 is 0. The summed E-state index contributed by atoms with van der Waals surface area (Å²) in [4.78, 5) is 179. The van der Waals surface area contributed by atoms with Gasteiger partial charge in [-0.1, -0.05) is 13.8 Å². The van der Waals surface area contributed by atoms with Gasteiger partial charge in [-0.2, -0.15) is 0 Å². The van der Waals surface area contributed by atoms with Crippen LogP contribution in [0.15, 0.2) is 0 Å². The maximum atomic E-state index is 14.0. The molecule has 0 aromatic rings. The van der Waals surface area contributed by atoms with Crippen molar-refractivity contribution in [2.75, 3.05) is 183 Å². The first-order valence-electron chi connectivity index (χ1n) is 30.4. The van der Waals surface area contributed by atoms with Gasteiger partial charge in [0.1, 0.15) is 18.1 Å². The lowest BCUT2D eigenvalue weighted by Gasteiger charge is -2.33. The number of unbranched alkanes of at least 4 members (excludes halogenated alkanes) is 1. The number of carbonyl (C=O) groups is 13. The third kappa shape index (κ3) is 32.6. The molecule has 0 bridgehead atoms. The predicted molar refractivity (Wildman–Crippen MR) is 321 cm³/mol. The van der Waals surface area contributed by atoms with Crippen molar-refractivity contribution in [3.8, 4) is 0 Å². The molecular formula is C54H94BN15O21. The molecule has 3 aliphatic rings. The number of rotatable bonds is 33. The minimum absolute atomic E-state index is 0.0528. The van der Waals surface area contributed by atoms with Gasteiger partial charge in [0.15, 0.2) is 0 Å². The van der Waals surface area contributed by atoms with Gasteiger partial charge in [-0.15, -0.1) is 0 Å². The number of amides is 7. The van der Waals surface area contributed by atoms with Crippen molar-refractivity contribution >= 4 is 84.3 Å². The number of likely N-dealkylation sites (tertiary alicyclic amines) is 1. The predicted octanol–water partition coefficient (Wildman–Crippen LogP) is -8.41. The Kier molecular flexibility index (Phi) is 35.4. The zero-order valence-corrected chi connectivity index (χ0v) is 52.2. The van der Waals surface area contributed by atoms with Crippen molar-refractivity contribution in [2.24, 2.45) is 5.92 Å². The van der Waals surface area contributed by atoms with Crippen LogP contribution in [0.1, 0.15) is 52.9 Å². The normalized spacial score (nSPS) is 19.1. The average Bonchev–Trinajstić information content (AvgIpc) is 1.83. The summed E-state index contributed by atoms with van der Waals surface area (Å²) >= 11 is 0. The third-order valence-electron chi connectivity index (χ3n) is 15.4. The molecule has 0 spiro atoms. The van der Waals surface area contributed by atoms with Crippen LogP contribution in [-0.2, 0) is 62.3 Å². The fourth-order valence-electron chi connectivity index (χ4n) is 10.5. The van der Waals surface area contributed by atoms with E-state index >= 15 is 0 Å². The second-order valence-corrected chi connectivity index (χ2v) is 23.2. The molecule has 3 saturated heterocycles. The van der Waals surface area contributed by atoms with E-state index in [1.54, 1.807) is 53.0 Å². The molecule has 0 aromatic heterocycles. The minimum atomic E-state index is -1.77. The lowest BCUT2D eigenvalue weighted by atomic mass is 9.78. The van der Waals surface area contributed by atoms with Gasteiger partial charge in [0, 0.05) is 118 Å². The van der Waals surface area contributed by atoms with Gasteiger partial charge in [0.25, 0.3) is 0 Å². The van der Waals surface area contributed by atoms with Crippen molar-refractivity contribution in [3.63, 3.8) is 0 Å². The van der Waals surface area contributed by atoms with Crippen molar-refractivity contribution < 1.29 is 103 Å². The van der Waals surface area contributed by atoms with E-state index in [0.29, 0.717) is 12.8 Å². The first-order valence-corrected chi connectivity index (χ1v) is 30.4. The second-order valence-electron chi connectivity index (χ2n) is 23.2. The number of nitrogens with one attached hydrogen (secondary N) is 6. The van der Waals surface area contributed by atoms with Crippen LogP contribution in [0, 0.1) is 5.92 Å². The van der Waals surface area contributed by atoms with E-state index in [-0.39, 0.29) is 176 Å². The molecule has 7 amide bonds. The van der Waals surface area contributed by atoms with E-state index in [1.165, 1.54) is 11.8 Å². The lowest BCUT2D eigenvalue weighted by Crippen LogP contribution is -2.57. The van der Waals surface area contributed by atoms with Crippen LogP contribution in [0.5, 0.6) is 0 Å². The molecule has 14 N–H and O–H groups in total. The number of aliphatic carboxylic acids is 6. The van der Waals surface area contributed by atoms with Crippen LogP contribution < -0.4 is 31.9 Å². The molecule has 0 aliphatic carbocycles. The maximum absolute atomic E-state index is 14.0. The van der Waals surface area contributed by atoms with Gasteiger partial charge in [-0.05, 0) is 44.9 Å². The van der Waals surface area contributed by atoms with E-state index in [9.17, 15) is 103 Å². The van der Waals surface area contributed by atoms with Crippen LogP contribution >= 0.6 is 0 Å². The summed E-state index contributed by atoms with van der Waals surface area (Å²) in [6.45, 7) is 3.16. The van der Waals surface area contributed by atoms with Crippen LogP contribution in [-0.4, -0.2) is 376 Å². The van der Waals surface area contributed by atoms with Crippen LogP contribution in [0.2, 0.25) is 0 Å². The molecule has 36 nitrogen and oxygen atoms in total. The van der Waals surface area contributed by atoms with Gasteiger partial charge in [0.2, 0.25) is 41.4 Å². The molecule has 0 aromatic carbocycles. The third-order valence-corrected chi connectivity index (χ3v) is 15.4. The molecule has 0 radical (unpaired) electrons. The highest BCUT2D eigenvalue weighted by Crippen LogP contribution is 2.19. The Bertz CT molecular complexity index is 2390. The SMILES string of the molecule is CC(C)[C@H](NC(=O)CNC(=O)CNC(=O)[C@@H](CCCCNC(=O)CN1CCN(CC(=O)O)CCN(CC(=O)O)CCN(CC(=O)O)CC1)NC(=O)CN1CCN(CC(=O)O)CCN(CC(=O)O)CCN(CC(=O)O)CC1)C(=O)N[C@H](C)C(=O)N1CCC[C@H]1B(O)O.